The van der Waals surface area contributed by atoms with E-state index in [2.05, 4.69) is 20.6 Å². The van der Waals surface area contributed by atoms with E-state index in [1.807, 2.05) is 20.8 Å². The van der Waals surface area contributed by atoms with Gasteiger partial charge in [0.1, 0.15) is 0 Å². The molecule has 5 nitrogen and oxygen atoms in total. The summed E-state index contributed by atoms with van der Waals surface area (Å²) < 4.78 is 0. The molecule has 1 aliphatic rings. The molecule has 1 saturated heterocycles. The van der Waals surface area contributed by atoms with E-state index in [1.54, 1.807) is 11.3 Å². The standard InChI is InChI=1S/C15H25N3O2S/c1-10(2)13(19)8-16-14(20)12-4-6-18(7-5-12)15-17-11(3)9-21-15/h9-10,12-13,19H,4-8H2,1-3H3,(H,16,20). The maximum atomic E-state index is 12.1. The van der Waals surface area contributed by atoms with Crippen LogP contribution in [0.1, 0.15) is 32.4 Å². The van der Waals surface area contributed by atoms with Gasteiger partial charge < -0.3 is 15.3 Å². The summed E-state index contributed by atoms with van der Waals surface area (Å²) in [5.74, 6) is 0.298. The molecule has 0 radical (unpaired) electrons. The largest absolute Gasteiger partial charge is 0.391 e. The van der Waals surface area contributed by atoms with Crippen LogP contribution in [0.15, 0.2) is 5.38 Å². The summed E-state index contributed by atoms with van der Waals surface area (Å²) in [6.07, 6.45) is 1.23. The molecule has 1 aromatic rings. The molecule has 0 aliphatic carbocycles. The Morgan fingerprint density at radius 3 is 2.71 bits per heavy atom. The van der Waals surface area contributed by atoms with Crippen LogP contribution in [0.3, 0.4) is 0 Å². The number of rotatable bonds is 5. The number of anilines is 1. The highest BCUT2D eigenvalue weighted by atomic mass is 32.1. The minimum Gasteiger partial charge on any atom is -0.391 e. The molecular formula is C15H25N3O2S. The van der Waals surface area contributed by atoms with Gasteiger partial charge in [-0.15, -0.1) is 11.3 Å². The molecule has 0 aromatic carbocycles. The molecule has 1 atom stereocenters. The van der Waals surface area contributed by atoms with E-state index in [1.165, 1.54) is 0 Å². The Kier molecular flexibility index (Phi) is 5.58. The molecule has 6 heteroatoms. The number of aliphatic hydroxyl groups excluding tert-OH is 1. The molecule has 1 aromatic heterocycles. The summed E-state index contributed by atoms with van der Waals surface area (Å²) in [5, 5.41) is 15.7. The number of carbonyl (C=O) groups excluding carboxylic acids is 1. The number of amides is 1. The molecule has 1 fully saturated rings. The number of nitrogens with one attached hydrogen (secondary N) is 1. The first-order valence-corrected chi connectivity index (χ1v) is 8.48. The Morgan fingerprint density at radius 2 is 2.19 bits per heavy atom. The number of aryl methyl sites for hydroxylation is 1. The van der Waals surface area contributed by atoms with Crippen LogP contribution in [0.5, 0.6) is 0 Å². The first-order chi connectivity index (χ1) is 9.97. The maximum absolute atomic E-state index is 12.1. The smallest absolute Gasteiger partial charge is 0.223 e. The maximum Gasteiger partial charge on any atom is 0.223 e. The van der Waals surface area contributed by atoms with Crippen molar-refractivity contribution < 1.29 is 9.90 Å². The number of nitrogens with zero attached hydrogens (tertiary/aromatic N) is 2. The molecule has 2 rings (SSSR count). The molecule has 0 bridgehead atoms. The summed E-state index contributed by atoms with van der Waals surface area (Å²) in [7, 11) is 0. The number of hydrogen-bond acceptors (Lipinski definition) is 5. The highest BCUT2D eigenvalue weighted by molar-refractivity contribution is 7.13. The number of aliphatic hydroxyl groups is 1. The summed E-state index contributed by atoms with van der Waals surface area (Å²) in [6.45, 7) is 7.99. The van der Waals surface area contributed by atoms with Gasteiger partial charge in [0.05, 0.1) is 11.8 Å². The van der Waals surface area contributed by atoms with Gasteiger partial charge in [0.2, 0.25) is 5.91 Å². The summed E-state index contributed by atoms with van der Waals surface area (Å²) in [5.41, 5.74) is 1.05. The van der Waals surface area contributed by atoms with Crippen molar-refractivity contribution in [1.29, 1.82) is 0 Å². The zero-order valence-electron chi connectivity index (χ0n) is 13.0. The Hall–Kier alpha value is -1.14. The monoisotopic (exact) mass is 311 g/mol. The fourth-order valence-corrected chi connectivity index (χ4v) is 3.26. The number of carbonyl (C=O) groups is 1. The topological polar surface area (TPSA) is 65.5 Å². The third-order valence-corrected chi connectivity index (χ3v) is 5.02. The molecule has 1 unspecified atom stereocenters. The first kappa shape index (κ1) is 16.2. The molecule has 1 aliphatic heterocycles. The van der Waals surface area contributed by atoms with Gasteiger partial charge >= 0.3 is 0 Å². The summed E-state index contributed by atoms with van der Waals surface area (Å²) >= 11 is 1.66. The van der Waals surface area contributed by atoms with Crippen molar-refractivity contribution in [1.82, 2.24) is 10.3 Å². The van der Waals surface area contributed by atoms with Crippen LogP contribution in [0.25, 0.3) is 0 Å². The highest BCUT2D eigenvalue weighted by Gasteiger charge is 2.26. The van der Waals surface area contributed by atoms with E-state index < -0.39 is 6.10 Å². The average molecular weight is 311 g/mol. The molecule has 118 valence electrons. The predicted octanol–water partition coefficient (Wildman–Crippen LogP) is 1.80. The van der Waals surface area contributed by atoms with Gasteiger partial charge in [-0.2, -0.15) is 0 Å². The van der Waals surface area contributed by atoms with Crippen LogP contribution in [-0.4, -0.2) is 41.7 Å². The van der Waals surface area contributed by atoms with E-state index in [0.29, 0.717) is 6.54 Å². The number of thiazole rings is 1. The molecule has 2 heterocycles. The minimum atomic E-state index is -0.465. The number of aromatic nitrogens is 1. The minimum absolute atomic E-state index is 0.0571. The van der Waals surface area contributed by atoms with Crippen molar-refractivity contribution in [3.8, 4) is 0 Å². The quantitative estimate of drug-likeness (QED) is 0.870. The lowest BCUT2D eigenvalue weighted by atomic mass is 9.96. The van der Waals surface area contributed by atoms with Crippen molar-refractivity contribution in [3.63, 3.8) is 0 Å². The van der Waals surface area contributed by atoms with Crippen LogP contribution >= 0.6 is 11.3 Å². The predicted molar refractivity (Wildman–Crippen MR) is 85.6 cm³/mol. The molecule has 21 heavy (non-hydrogen) atoms. The van der Waals surface area contributed by atoms with Crippen LogP contribution in [0.4, 0.5) is 5.13 Å². The van der Waals surface area contributed by atoms with Gasteiger partial charge in [-0.25, -0.2) is 4.98 Å². The zero-order valence-corrected chi connectivity index (χ0v) is 13.8. The van der Waals surface area contributed by atoms with Gasteiger partial charge in [0.25, 0.3) is 0 Å². The summed E-state index contributed by atoms with van der Waals surface area (Å²) in [4.78, 5) is 18.9. The first-order valence-electron chi connectivity index (χ1n) is 7.60. The second-order valence-electron chi connectivity index (χ2n) is 6.09. The SMILES string of the molecule is Cc1csc(N2CCC(C(=O)NCC(O)C(C)C)CC2)n1. The van der Waals surface area contributed by atoms with E-state index in [9.17, 15) is 9.90 Å². The molecular weight excluding hydrogens is 286 g/mol. The second-order valence-corrected chi connectivity index (χ2v) is 6.93. The van der Waals surface area contributed by atoms with Crippen LogP contribution < -0.4 is 10.2 Å². The van der Waals surface area contributed by atoms with Gasteiger partial charge in [0, 0.05) is 30.9 Å². The van der Waals surface area contributed by atoms with Crippen LogP contribution in [0.2, 0.25) is 0 Å². The lowest BCUT2D eigenvalue weighted by molar-refractivity contribution is -0.126. The third kappa shape index (κ3) is 4.41. The third-order valence-electron chi connectivity index (χ3n) is 4.00. The van der Waals surface area contributed by atoms with E-state index in [-0.39, 0.29) is 17.7 Å². The molecule has 2 N–H and O–H groups in total. The fraction of sp³-hybridized carbons (Fsp3) is 0.733. The normalized spacial score (nSPS) is 18.0. The van der Waals surface area contributed by atoms with E-state index in [0.717, 1.165) is 36.8 Å². The van der Waals surface area contributed by atoms with Crippen molar-refractivity contribution in [2.45, 2.75) is 39.7 Å². The van der Waals surface area contributed by atoms with E-state index >= 15 is 0 Å². The van der Waals surface area contributed by atoms with Gasteiger partial charge in [-0.3, -0.25) is 4.79 Å². The van der Waals surface area contributed by atoms with Crippen LogP contribution in [0, 0.1) is 18.8 Å². The van der Waals surface area contributed by atoms with Crippen LogP contribution in [-0.2, 0) is 4.79 Å². The van der Waals surface area contributed by atoms with Gasteiger partial charge in [0.15, 0.2) is 5.13 Å². The molecule has 1 amide bonds. The van der Waals surface area contributed by atoms with Crippen molar-refractivity contribution in [2.24, 2.45) is 11.8 Å². The highest BCUT2D eigenvalue weighted by Crippen LogP contribution is 2.26. The van der Waals surface area contributed by atoms with Crippen molar-refractivity contribution in [3.05, 3.63) is 11.1 Å². The lowest BCUT2D eigenvalue weighted by Crippen LogP contribution is -2.43. The van der Waals surface area contributed by atoms with E-state index in [4.69, 9.17) is 0 Å². The zero-order chi connectivity index (χ0) is 15.4. The van der Waals surface area contributed by atoms with Crippen molar-refractivity contribution in [2.75, 3.05) is 24.5 Å². The van der Waals surface area contributed by atoms with Gasteiger partial charge in [-0.1, -0.05) is 13.8 Å². The van der Waals surface area contributed by atoms with Crippen molar-refractivity contribution >= 4 is 22.4 Å². The number of hydrogen-bond donors (Lipinski definition) is 2. The summed E-state index contributed by atoms with van der Waals surface area (Å²) in [6, 6.07) is 0. The Balaban J connectivity index is 1.77. The molecule has 0 spiro atoms. The lowest BCUT2D eigenvalue weighted by Gasteiger charge is -2.31. The Morgan fingerprint density at radius 1 is 1.52 bits per heavy atom. The fourth-order valence-electron chi connectivity index (χ4n) is 2.40. The Bertz CT molecular complexity index is 467. The average Bonchev–Trinajstić information content (AvgIpc) is 2.91. The van der Waals surface area contributed by atoms with Gasteiger partial charge in [-0.05, 0) is 25.7 Å². The molecule has 0 saturated carbocycles. The number of piperidine rings is 1. The second kappa shape index (κ2) is 7.22. The Labute approximate surface area is 130 Å².